The number of imidazole rings is 1. The van der Waals surface area contributed by atoms with Crippen molar-refractivity contribution in [2.45, 2.75) is 24.8 Å². The predicted octanol–water partition coefficient (Wildman–Crippen LogP) is -0.501. The van der Waals surface area contributed by atoms with E-state index in [2.05, 4.69) is 15.0 Å². The van der Waals surface area contributed by atoms with E-state index in [0.717, 1.165) is 11.3 Å². The Morgan fingerprint density at radius 1 is 1.45 bits per heavy atom. The van der Waals surface area contributed by atoms with E-state index in [1.54, 1.807) is 6.33 Å². The number of nitrogens with zero attached hydrogens (tertiary/aromatic N) is 5. The van der Waals surface area contributed by atoms with Crippen molar-refractivity contribution in [3.63, 3.8) is 0 Å². The zero-order chi connectivity index (χ0) is 14.3. The summed E-state index contributed by atoms with van der Waals surface area (Å²) in [7, 11) is 3.81. The van der Waals surface area contributed by atoms with Gasteiger partial charge in [0.25, 0.3) is 0 Å². The Kier molecular flexibility index (Phi) is 3.28. The first kappa shape index (κ1) is 13.2. The van der Waals surface area contributed by atoms with Gasteiger partial charge in [-0.15, -0.1) is 0 Å². The molecule has 0 unspecified atom stereocenters. The molecule has 0 aliphatic carbocycles. The largest absolute Gasteiger partial charge is 0.394 e. The number of anilines is 1. The highest BCUT2D eigenvalue weighted by Crippen LogP contribution is 2.30. The van der Waals surface area contributed by atoms with Gasteiger partial charge in [-0.05, 0) is 0 Å². The Morgan fingerprint density at radius 2 is 2.25 bits per heavy atom. The van der Waals surface area contributed by atoms with Crippen molar-refractivity contribution in [2.75, 3.05) is 25.6 Å². The highest BCUT2D eigenvalue weighted by Gasteiger charge is 2.34. The topological polar surface area (TPSA) is 102 Å². The maximum absolute atomic E-state index is 9.22. The highest BCUT2D eigenvalue weighted by molar-refractivity contribution is 5.83. The molecule has 0 aromatic carbocycles. The van der Waals surface area contributed by atoms with E-state index in [1.807, 2.05) is 23.6 Å². The van der Waals surface area contributed by atoms with E-state index in [1.165, 1.54) is 6.33 Å². The molecule has 1 saturated heterocycles. The van der Waals surface area contributed by atoms with Crippen LogP contribution in [0.3, 0.4) is 0 Å². The van der Waals surface area contributed by atoms with Crippen molar-refractivity contribution in [2.24, 2.45) is 5.73 Å². The Labute approximate surface area is 116 Å². The standard InChI is InChI=1S/C12H18N6O2/c1-17(2)11-10-12(15-5-14-11)18(6-16-10)9-3-7(13)8(4-19)20-9/h5-9,19H,3-4,13H2,1-2H3/t7-,8-,9-/m1/s1. The molecule has 2 aromatic heterocycles. The Morgan fingerprint density at radius 3 is 2.90 bits per heavy atom. The third-order valence-electron chi connectivity index (χ3n) is 3.54. The fourth-order valence-corrected chi connectivity index (χ4v) is 2.48. The molecule has 0 saturated carbocycles. The maximum atomic E-state index is 9.22. The molecule has 3 heterocycles. The van der Waals surface area contributed by atoms with Crippen molar-refractivity contribution < 1.29 is 9.84 Å². The molecule has 3 atom stereocenters. The third-order valence-corrected chi connectivity index (χ3v) is 3.54. The summed E-state index contributed by atoms with van der Waals surface area (Å²) in [5.41, 5.74) is 7.38. The molecular formula is C12H18N6O2. The summed E-state index contributed by atoms with van der Waals surface area (Å²) >= 11 is 0. The lowest BCUT2D eigenvalue weighted by molar-refractivity contribution is -0.0233. The molecule has 20 heavy (non-hydrogen) atoms. The number of hydrogen-bond acceptors (Lipinski definition) is 7. The lowest BCUT2D eigenvalue weighted by Gasteiger charge is -2.14. The first-order chi connectivity index (χ1) is 9.61. The molecule has 0 bridgehead atoms. The molecule has 3 rings (SSSR count). The van der Waals surface area contributed by atoms with Gasteiger partial charge in [0.05, 0.1) is 19.0 Å². The van der Waals surface area contributed by atoms with Crippen LogP contribution in [0.1, 0.15) is 12.6 Å². The van der Waals surface area contributed by atoms with Crippen LogP contribution in [0.2, 0.25) is 0 Å². The Balaban J connectivity index is 2.00. The van der Waals surface area contributed by atoms with Gasteiger partial charge >= 0.3 is 0 Å². The van der Waals surface area contributed by atoms with E-state index in [4.69, 9.17) is 10.5 Å². The van der Waals surface area contributed by atoms with Crippen LogP contribution in [0.15, 0.2) is 12.7 Å². The third kappa shape index (κ3) is 2.01. The summed E-state index contributed by atoms with van der Waals surface area (Å²) in [4.78, 5) is 14.8. The van der Waals surface area contributed by atoms with Crippen LogP contribution in [-0.4, -0.2) is 57.5 Å². The number of nitrogens with two attached hydrogens (primary N) is 1. The van der Waals surface area contributed by atoms with E-state index < -0.39 is 0 Å². The number of aliphatic hydroxyl groups is 1. The van der Waals surface area contributed by atoms with Gasteiger partial charge in [0.1, 0.15) is 12.6 Å². The monoisotopic (exact) mass is 278 g/mol. The molecule has 0 spiro atoms. The van der Waals surface area contributed by atoms with Crippen molar-refractivity contribution in [3.8, 4) is 0 Å². The Hall–Kier alpha value is -1.77. The zero-order valence-corrected chi connectivity index (χ0v) is 11.5. The fraction of sp³-hybridized carbons (Fsp3) is 0.583. The van der Waals surface area contributed by atoms with Crippen LogP contribution in [0.5, 0.6) is 0 Å². The molecule has 0 radical (unpaired) electrons. The first-order valence-electron chi connectivity index (χ1n) is 6.48. The number of fused-ring (bicyclic) bond motifs is 1. The molecule has 8 heteroatoms. The molecule has 8 nitrogen and oxygen atoms in total. The molecule has 3 N–H and O–H groups in total. The normalized spacial score (nSPS) is 26.3. The minimum absolute atomic E-state index is 0.0811. The fourth-order valence-electron chi connectivity index (χ4n) is 2.48. The molecule has 1 fully saturated rings. The van der Waals surface area contributed by atoms with Crippen LogP contribution in [0.4, 0.5) is 5.82 Å². The highest BCUT2D eigenvalue weighted by atomic mass is 16.5. The van der Waals surface area contributed by atoms with Crippen LogP contribution >= 0.6 is 0 Å². The van der Waals surface area contributed by atoms with Gasteiger partial charge < -0.3 is 20.5 Å². The first-order valence-corrected chi connectivity index (χ1v) is 6.48. The number of aliphatic hydroxyl groups excluding tert-OH is 1. The number of aromatic nitrogens is 4. The second-order valence-corrected chi connectivity index (χ2v) is 5.13. The minimum Gasteiger partial charge on any atom is -0.394 e. The van der Waals surface area contributed by atoms with Crippen LogP contribution in [0, 0.1) is 0 Å². The summed E-state index contributed by atoms with van der Waals surface area (Å²) < 4.78 is 7.60. The van der Waals surface area contributed by atoms with E-state index in [9.17, 15) is 5.11 Å². The van der Waals surface area contributed by atoms with Gasteiger partial charge in [0, 0.05) is 26.6 Å². The second-order valence-electron chi connectivity index (χ2n) is 5.13. The number of rotatable bonds is 3. The SMILES string of the molecule is CN(C)c1ncnc2c1ncn2[C@H]1C[C@@H](N)[C@@H](CO)O1. The van der Waals surface area contributed by atoms with Crippen LogP contribution in [0.25, 0.3) is 11.2 Å². The van der Waals surface area contributed by atoms with Gasteiger partial charge in [-0.2, -0.15) is 0 Å². The zero-order valence-electron chi connectivity index (χ0n) is 11.5. The summed E-state index contributed by atoms with van der Waals surface area (Å²) in [5.74, 6) is 0.759. The predicted molar refractivity (Wildman–Crippen MR) is 73.2 cm³/mol. The van der Waals surface area contributed by atoms with Gasteiger partial charge in [-0.25, -0.2) is 15.0 Å². The lowest BCUT2D eigenvalue weighted by Crippen LogP contribution is -2.32. The summed E-state index contributed by atoms with van der Waals surface area (Å²) in [6, 6.07) is -0.183. The second kappa shape index (κ2) is 4.97. The molecular weight excluding hydrogens is 260 g/mol. The van der Waals surface area contributed by atoms with Gasteiger partial charge in [0.2, 0.25) is 0 Å². The van der Waals surface area contributed by atoms with Gasteiger partial charge in [-0.1, -0.05) is 0 Å². The summed E-state index contributed by atoms with van der Waals surface area (Å²) in [6.07, 6.45) is 3.22. The number of ether oxygens (including phenoxy) is 1. The Bertz CT molecular complexity index is 613. The van der Waals surface area contributed by atoms with E-state index >= 15 is 0 Å². The molecule has 1 aliphatic heterocycles. The van der Waals surface area contributed by atoms with E-state index in [0.29, 0.717) is 12.1 Å². The quantitative estimate of drug-likeness (QED) is 0.780. The van der Waals surface area contributed by atoms with Crippen molar-refractivity contribution >= 4 is 17.0 Å². The average Bonchev–Trinajstić information content (AvgIpc) is 3.01. The van der Waals surface area contributed by atoms with Crippen molar-refractivity contribution in [1.29, 1.82) is 0 Å². The average molecular weight is 278 g/mol. The smallest absolute Gasteiger partial charge is 0.167 e. The molecule has 2 aromatic rings. The molecule has 108 valence electrons. The molecule has 1 aliphatic rings. The van der Waals surface area contributed by atoms with Crippen LogP contribution < -0.4 is 10.6 Å². The van der Waals surface area contributed by atoms with Crippen molar-refractivity contribution in [3.05, 3.63) is 12.7 Å². The summed E-state index contributed by atoms with van der Waals surface area (Å²) in [6.45, 7) is -0.0811. The van der Waals surface area contributed by atoms with Crippen molar-refractivity contribution in [1.82, 2.24) is 19.5 Å². The maximum Gasteiger partial charge on any atom is 0.167 e. The minimum atomic E-state index is -0.340. The van der Waals surface area contributed by atoms with E-state index in [-0.39, 0.29) is 25.0 Å². The van der Waals surface area contributed by atoms with Gasteiger partial charge in [0.15, 0.2) is 17.0 Å². The molecule has 0 amide bonds. The number of hydrogen-bond donors (Lipinski definition) is 2. The van der Waals surface area contributed by atoms with Gasteiger partial charge in [-0.3, -0.25) is 4.57 Å². The van der Waals surface area contributed by atoms with Crippen LogP contribution in [-0.2, 0) is 4.74 Å². The lowest BCUT2D eigenvalue weighted by atomic mass is 10.1. The summed E-state index contributed by atoms with van der Waals surface area (Å²) in [5, 5.41) is 9.22.